The number of ketones is 1. The molecule has 0 bridgehead atoms. The minimum Gasteiger partial charge on any atom is -0.462 e. The first kappa shape index (κ1) is 15.9. The standard InChI is InChI=1S/C17H20O6/c1-7-10(19)5-12(20)17(4)6-11(22-9(3)18)13-8(2)16(21)23-15(13)14(7)17/h11-13,15,20H,2,5-6H2,1,3-4H3/t11-,12+,13-,15-,17-/m0/s1. The highest BCUT2D eigenvalue weighted by molar-refractivity contribution is 5.98. The van der Waals surface area contributed by atoms with Crippen molar-refractivity contribution in [3.63, 3.8) is 0 Å². The Bertz CT molecular complexity index is 660. The molecule has 1 saturated carbocycles. The van der Waals surface area contributed by atoms with E-state index in [1.54, 1.807) is 6.92 Å². The minimum absolute atomic E-state index is 0.0188. The van der Waals surface area contributed by atoms with Crippen LogP contribution in [0.1, 0.15) is 33.6 Å². The number of fused-ring (bicyclic) bond motifs is 3. The van der Waals surface area contributed by atoms with Crippen molar-refractivity contribution in [1.29, 1.82) is 0 Å². The largest absolute Gasteiger partial charge is 0.462 e. The summed E-state index contributed by atoms with van der Waals surface area (Å²) in [5.41, 5.74) is 0.638. The molecule has 0 unspecified atom stereocenters. The van der Waals surface area contributed by atoms with E-state index in [1.165, 1.54) is 6.92 Å². The Kier molecular flexibility index (Phi) is 3.48. The lowest BCUT2D eigenvalue weighted by atomic mass is 9.57. The normalized spacial score (nSPS) is 39.7. The topological polar surface area (TPSA) is 89.9 Å². The second-order valence-corrected chi connectivity index (χ2v) is 6.83. The van der Waals surface area contributed by atoms with E-state index >= 15 is 0 Å². The van der Waals surface area contributed by atoms with Gasteiger partial charge < -0.3 is 14.6 Å². The van der Waals surface area contributed by atoms with Crippen molar-refractivity contribution in [2.45, 2.75) is 51.9 Å². The fourth-order valence-corrected chi connectivity index (χ4v) is 4.21. The SMILES string of the molecule is C=C1C(=O)O[C@@H]2C3=C(C)C(=O)C[C@@H](O)[C@]3(C)C[C@H](OC(C)=O)[C@H]12. The van der Waals surface area contributed by atoms with Crippen molar-refractivity contribution in [2.24, 2.45) is 11.3 Å². The number of carbonyl (C=O) groups excluding carboxylic acids is 3. The maximum Gasteiger partial charge on any atom is 0.334 e. The van der Waals surface area contributed by atoms with Crippen molar-refractivity contribution < 1.29 is 29.0 Å². The van der Waals surface area contributed by atoms with E-state index in [1.807, 2.05) is 6.92 Å². The van der Waals surface area contributed by atoms with E-state index < -0.39 is 41.6 Å². The molecule has 3 aliphatic rings. The molecule has 23 heavy (non-hydrogen) atoms. The molecule has 0 spiro atoms. The number of ether oxygens (including phenoxy) is 2. The Labute approximate surface area is 134 Å². The van der Waals surface area contributed by atoms with Gasteiger partial charge in [-0.1, -0.05) is 13.5 Å². The number of aliphatic hydroxyl groups excluding tert-OH is 1. The van der Waals surface area contributed by atoms with Crippen molar-refractivity contribution in [2.75, 3.05) is 0 Å². The first-order valence-electron chi connectivity index (χ1n) is 7.66. The summed E-state index contributed by atoms with van der Waals surface area (Å²) in [6, 6.07) is 0. The third-order valence-corrected chi connectivity index (χ3v) is 5.40. The Hall–Kier alpha value is -1.95. The summed E-state index contributed by atoms with van der Waals surface area (Å²) in [7, 11) is 0. The van der Waals surface area contributed by atoms with Crippen LogP contribution in [0.2, 0.25) is 0 Å². The van der Waals surface area contributed by atoms with Gasteiger partial charge in [0.05, 0.1) is 12.0 Å². The van der Waals surface area contributed by atoms with Crippen molar-refractivity contribution >= 4 is 17.7 Å². The molecule has 1 saturated heterocycles. The van der Waals surface area contributed by atoms with Crippen molar-refractivity contribution in [1.82, 2.24) is 0 Å². The Morgan fingerprint density at radius 1 is 1.43 bits per heavy atom. The van der Waals surface area contributed by atoms with E-state index in [-0.39, 0.29) is 17.8 Å². The van der Waals surface area contributed by atoms with Gasteiger partial charge in [0, 0.05) is 24.3 Å². The molecular formula is C17H20O6. The number of hydrogen-bond acceptors (Lipinski definition) is 6. The van der Waals surface area contributed by atoms with Gasteiger partial charge in [-0.3, -0.25) is 9.59 Å². The van der Waals surface area contributed by atoms with Gasteiger partial charge in [0.1, 0.15) is 12.2 Å². The molecule has 5 atom stereocenters. The molecule has 6 nitrogen and oxygen atoms in total. The lowest BCUT2D eigenvalue weighted by Gasteiger charge is -2.50. The third-order valence-electron chi connectivity index (χ3n) is 5.40. The molecule has 0 aromatic rings. The molecule has 1 heterocycles. The Balaban J connectivity index is 2.14. The van der Waals surface area contributed by atoms with E-state index in [4.69, 9.17) is 9.47 Å². The molecule has 1 N–H and O–H groups in total. The zero-order valence-corrected chi connectivity index (χ0v) is 13.4. The highest BCUT2D eigenvalue weighted by Gasteiger charge is 2.60. The molecule has 6 heteroatoms. The molecule has 124 valence electrons. The number of hydrogen-bond donors (Lipinski definition) is 1. The summed E-state index contributed by atoms with van der Waals surface area (Å²) in [6.45, 7) is 8.58. The third kappa shape index (κ3) is 2.16. The van der Waals surface area contributed by atoms with Crippen LogP contribution < -0.4 is 0 Å². The van der Waals surface area contributed by atoms with Gasteiger partial charge in [-0.05, 0) is 24.5 Å². The zero-order valence-electron chi connectivity index (χ0n) is 13.4. The second-order valence-electron chi connectivity index (χ2n) is 6.83. The Morgan fingerprint density at radius 3 is 2.70 bits per heavy atom. The number of carbonyl (C=O) groups is 3. The molecule has 0 aromatic heterocycles. The van der Waals surface area contributed by atoms with Gasteiger partial charge in [-0.25, -0.2) is 4.79 Å². The van der Waals surface area contributed by atoms with Crippen LogP contribution >= 0.6 is 0 Å². The van der Waals surface area contributed by atoms with E-state index in [0.29, 0.717) is 17.6 Å². The molecular weight excluding hydrogens is 300 g/mol. The molecule has 0 radical (unpaired) electrons. The maximum atomic E-state index is 12.1. The molecule has 0 aromatic carbocycles. The van der Waals surface area contributed by atoms with Crippen molar-refractivity contribution in [3.8, 4) is 0 Å². The smallest absolute Gasteiger partial charge is 0.334 e. The van der Waals surface area contributed by atoms with Crippen LogP contribution in [0.4, 0.5) is 0 Å². The van der Waals surface area contributed by atoms with E-state index in [2.05, 4.69) is 6.58 Å². The van der Waals surface area contributed by atoms with Gasteiger partial charge >= 0.3 is 11.9 Å². The monoisotopic (exact) mass is 320 g/mol. The number of aliphatic hydroxyl groups is 1. The molecule has 2 aliphatic carbocycles. The number of esters is 2. The molecule has 1 aliphatic heterocycles. The number of allylic oxidation sites excluding steroid dienone is 1. The van der Waals surface area contributed by atoms with Crippen molar-refractivity contribution in [3.05, 3.63) is 23.3 Å². The summed E-state index contributed by atoms with van der Waals surface area (Å²) < 4.78 is 10.8. The lowest BCUT2D eigenvalue weighted by Crippen LogP contribution is -2.54. The van der Waals surface area contributed by atoms with Gasteiger partial charge in [0.2, 0.25) is 0 Å². The van der Waals surface area contributed by atoms with Crippen LogP contribution in [-0.4, -0.2) is 41.1 Å². The van der Waals surface area contributed by atoms with Gasteiger partial charge in [0.15, 0.2) is 5.78 Å². The van der Waals surface area contributed by atoms with Crippen LogP contribution in [0.5, 0.6) is 0 Å². The summed E-state index contributed by atoms with van der Waals surface area (Å²) in [5, 5.41) is 10.5. The predicted octanol–water partition coefficient (Wildman–Crippen LogP) is 1.08. The molecule has 3 rings (SSSR count). The fourth-order valence-electron chi connectivity index (χ4n) is 4.21. The average Bonchev–Trinajstić information content (AvgIpc) is 2.72. The average molecular weight is 320 g/mol. The zero-order chi connectivity index (χ0) is 17.1. The van der Waals surface area contributed by atoms with E-state index in [9.17, 15) is 19.5 Å². The summed E-state index contributed by atoms with van der Waals surface area (Å²) in [5.74, 6) is -1.67. The molecule has 0 amide bonds. The predicted molar refractivity (Wildman–Crippen MR) is 79.1 cm³/mol. The van der Waals surface area contributed by atoms with Crippen LogP contribution in [0, 0.1) is 11.3 Å². The summed E-state index contributed by atoms with van der Waals surface area (Å²) >= 11 is 0. The Morgan fingerprint density at radius 2 is 2.09 bits per heavy atom. The first-order valence-corrected chi connectivity index (χ1v) is 7.66. The van der Waals surface area contributed by atoms with Crippen LogP contribution in [0.25, 0.3) is 0 Å². The first-order chi connectivity index (χ1) is 10.7. The van der Waals surface area contributed by atoms with Crippen LogP contribution in [0.15, 0.2) is 23.3 Å². The lowest BCUT2D eigenvalue weighted by molar-refractivity contribution is -0.158. The van der Waals surface area contributed by atoms with Crippen LogP contribution in [0.3, 0.4) is 0 Å². The van der Waals surface area contributed by atoms with Crippen LogP contribution in [-0.2, 0) is 23.9 Å². The quantitative estimate of drug-likeness (QED) is 0.574. The number of rotatable bonds is 1. The molecule has 2 fully saturated rings. The summed E-state index contributed by atoms with van der Waals surface area (Å²) in [6.07, 6.45) is -1.88. The second kappa shape index (κ2) is 5.03. The highest BCUT2D eigenvalue weighted by Crippen LogP contribution is 2.55. The fraction of sp³-hybridized carbons (Fsp3) is 0.588. The number of Topliss-reactive ketones (excluding diaryl/α,β-unsaturated/α-hetero) is 1. The minimum atomic E-state index is -0.903. The maximum absolute atomic E-state index is 12.1. The highest BCUT2D eigenvalue weighted by atomic mass is 16.6. The van der Waals surface area contributed by atoms with Gasteiger partial charge in [-0.2, -0.15) is 0 Å². The van der Waals surface area contributed by atoms with E-state index in [0.717, 1.165) is 0 Å². The van der Waals surface area contributed by atoms with Gasteiger partial charge in [0.25, 0.3) is 0 Å². The summed E-state index contributed by atoms with van der Waals surface area (Å²) in [4.78, 5) is 35.6. The van der Waals surface area contributed by atoms with Gasteiger partial charge in [-0.15, -0.1) is 0 Å².